The highest BCUT2D eigenvalue weighted by Gasteiger charge is 2.17. The molecule has 2 aromatic heterocycles. The van der Waals surface area contributed by atoms with E-state index in [4.69, 9.17) is 10.3 Å². The van der Waals surface area contributed by atoms with Gasteiger partial charge in [0.2, 0.25) is 0 Å². The number of aryl methyl sites for hydroxylation is 1. The summed E-state index contributed by atoms with van der Waals surface area (Å²) in [5.41, 5.74) is 12.3. The number of nitrogens with two attached hydrogens (primary N) is 1. The lowest BCUT2D eigenvalue weighted by Gasteiger charge is -2.15. The Morgan fingerprint density at radius 1 is 1.00 bits per heavy atom. The van der Waals surface area contributed by atoms with Gasteiger partial charge in [-0.2, -0.15) is 0 Å². The molecule has 2 N–H and O–H groups in total. The number of halogens is 1. The second-order valence-electron chi connectivity index (χ2n) is 6.25. The molecule has 0 saturated heterocycles. The maximum Gasteiger partial charge on any atom is 0.167 e. The third-order valence-corrected chi connectivity index (χ3v) is 4.39. The second kappa shape index (κ2) is 7.68. The quantitative estimate of drug-likeness (QED) is 0.560. The van der Waals surface area contributed by atoms with Crippen molar-refractivity contribution in [3.05, 3.63) is 83.7 Å². The van der Waals surface area contributed by atoms with Crippen molar-refractivity contribution < 1.29 is 4.52 Å². The molecule has 0 radical (unpaired) electrons. The van der Waals surface area contributed by atoms with Crippen LogP contribution in [0.3, 0.4) is 0 Å². The molecule has 1 unspecified atom stereocenters. The van der Waals surface area contributed by atoms with Crippen LogP contribution in [-0.2, 0) is 6.42 Å². The van der Waals surface area contributed by atoms with E-state index in [0.29, 0.717) is 6.42 Å². The van der Waals surface area contributed by atoms with Crippen LogP contribution in [-0.4, -0.2) is 10.1 Å². The lowest BCUT2D eigenvalue weighted by molar-refractivity contribution is 0.459. The van der Waals surface area contributed by atoms with Gasteiger partial charge in [-0.1, -0.05) is 47.6 Å². The van der Waals surface area contributed by atoms with E-state index in [9.17, 15) is 0 Å². The zero-order valence-corrected chi connectivity index (χ0v) is 15.2. The van der Waals surface area contributed by atoms with Crippen LogP contribution in [0.1, 0.15) is 22.9 Å². The topological polar surface area (TPSA) is 64.9 Å². The molecule has 4 nitrogen and oxygen atoms in total. The van der Waals surface area contributed by atoms with Crippen molar-refractivity contribution >= 4 is 23.4 Å². The molecule has 0 bridgehead atoms. The van der Waals surface area contributed by atoms with Gasteiger partial charge >= 0.3 is 0 Å². The number of benzene rings is 2. The third-order valence-electron chi connectivity index (χ3n) is 4.39. The zero-order chi connectivity index (χ0) is 17.2. The number of fused-ring (bicyclic) bond motifs is 1. The molecule has 0 aliphatic rings. The average Bonchev–Trinajstić information content (AvgIpc) is 3.07. The highest BCUT2D eigenvalue weighted by molar-refractivity contribution is 5.92. The molecule has 5 heteroatoms. The number of para-hydroxylation sites is 1. The largest absolute Gasteiger partial charge is 0.356 e. The van der Waals surface area contributed by atoms with Crippen LogP contribution in [0.4, 0.5) is 0 Å². The fourth-order valence-electron chi connectivity index (χ4n) is 3.07. The minimum absolute atomic E-state index is 0. The molecule has 132 valence electrons. The maximum atomic E-state index is 6.52. The minimum atomic E-state index is -0.165. The predicted molar refractivity (Wildman–Crippen MR) is 106 cm³/mol. The van der Waals surface area contributed by atoms with Gasteiger partial charge in [0.25, 0.3) is 0 Å². The van der Waals surface area contributed by atoms with E-state index in [2.05, 4.69) is 22.3 Å². The van der Waals surface area contributed by atoms with Crippen molar-refractivity contribution in [2.24, 2.45) is 5.73 Å². The van der Waals surface area contributed by atoms with E-state index in [-0.39, 0.29) is 18.4 Å². The number of pyridine rings is 1. The Kier molecular flexibility index (Phi) is 5.35. The van der Waals surface area contributed by atoms with E-state index in [0.717, 1.165) is 39.0 Å². The Balaban J connectivity index is 0.00000196. The summed E-state index contributed by atoms with van der Waals surface area (Å²) in [6.45, 7) is 2.03. The Morgan fingerprint density at radius 2 is 1.77 bits per heavy atom. The number of nitrogens with zero attached hydrogens (tertiary/aromatic N) is 2. The van der Waals surface area contributed by atoms with Crippen LogP contribution in [0.15, 0.2) is 71.4 Å². The summed E-state index contributed by atoms with van der Waals surface area (Å²) in [6, 6.07) is 19.9. The summed E-state index contributed by atoms with van der Waals surface area (Å²) in [4.78, 5) is 4.47. The first kappa shape index (κ1) is 18.1. The maximum absolute atomic E-state index is 6.52. The van der Waals surface area contributed by atoms with Crippen molar-refractivity contribution in [3.8, 4) is 11.3 Å². The Morgan fingerprint density at radius 3 is 2.58 bits per heavy atom. The van der Waals surface area contributed by atoms with Gasteiger partial charge in [0.05, 0.1) is 0 Å². The lowest BCUT2D eigenvalue weighted by Crippen LogP contribution is -2.15. The molecule has 0 saturated carbocycles. The molecule has 4 rings (SSSR count). The molecule has 26 heavy (non-hydrogen) atoms. The van der Waals surface area contributed by atoms with E-state index in [1.807, 2.05) is 61.7 Å². The van der Waals surface area contributed by atoms with Gasteiger partial charge in [0.15, 0.2) is 5.58 Å². The van der Waals surface area contributed by atoms with Gasteiger partial charge in [0.1, 0.15) is 5.69 Å². The summed E-state index contributed by atoms with van der Waals surface area (Å²) in [7, 11) is 0. The first-order valence-electron chi connectivity index (χ1n) is 8.33. The smallest absolute Gasteiger partial charge is 0.167 e. The molecular weight excluding hydrogens is 346 g/mol. The summed E-state index contributed by atoms with van der Waals surface area (Å²) in [5, 5.41) is 5.28. The lowest BCUT2D eigenvalue weighted by atomic mass is 9.94. The normalized spacial score (nSPS) is 11.9. The molecule has 0 amide bonds. The Bertz CT molecular complexity index is 1010. The van der Waals surface area contributed by atoms with Gasteiger partial charge in [0, 0.05) is 35.3 Å². The highest BCUT2D eigenvalue weighted by atomic mass is 35.5. The van der Waals surface area contributed by atoms with Crippen molar-refractivity contribution in [1.29, 1.82) is 0 Å². The minimum Gasteiger partial charge on any atom is -0.356 e. The molecule has 0 aliphatic heterocycles. The molecule has 1 atom stereocenters. The molecule has 0 spiro atoms. The van der Waals surface area contributed by atoms with Crippen LogP contribution in [0, 0.1) is 6.92 Å². The average molecular weight is 366 g/mol. The number of hydrogen-bond donors (Lipinski definition) is 1. The number of hydrogen-bond acceptors (Lipinski definition) is 4. The van der Waals surface area contributed by atoms with Crippen LogP contribution in [0.5, 0.6) is 0 Å². The van der Waals surface area contributed by atoms with E-state index in [1.54, 1.807) is 0 Å². The van der Waals surface area contributed by atoms with Gasteiger partial charge in [-0.15, -0.1) is 12.4 Å². The first-order valence-corrected chi connectivity index (χ1v) is 8.33. The monoisotopic (exact) mass is 365 g/mol. The van der Waals surface area contributed by atoms with Crippen LogP contribution >= 0.6 is 12.4 Å². The SMILES string of the molecule is Cc1ccc(CC(N)c2ccccc2-c2noc3ccccc23)nc1.Cl. The molecule has 0 fully saturated rings. The van der Waals surface area contributed by atoms with E-state index >= 15 is 0 Å². The first-order chi connectivity index (χ1) is 12.2. The molecule has 2 heterocycles. The third kappa shape index (κ3) is 3.47. The van der Waals surface area contributed by atoms with Crippen molar-refractivity contribution in [1.82, 2.24) is 10.1 Å². The molecular formula is C21H20ClN3O. The van der Waals surface area contributed by atoms with Gasteiger partial charge < -0.3 is 10.3 Å². The van der Waals surface area contributed by atoms with Crippen molar-refractivity contribution in [2.75, 3.05) is 0 Å². The van der Waals surface area contributed by atoms with E-state index < -0.39 is 0 Å². The molecule has 0 aliphatic carbocycles. The van der Waals surface area contributed by atoms with Crippen molar-refractivity contribution in [2.45, 2.75) is 19.4 Å². The number of rotatable bonds is 4. The Hall–Kier alpha value is -2.69. The summed E-state index contributed by atoms with van der Waals surface area (Å²) in [5.74, 6) is 0. The van der Waals surface area contributed by atoms with Gasteiger partial charge in [-0.3, -0.25) is 4.98 Å². The van der Waals surface area contributed by atoms with Crippen LogP contribution in [0.2, 0.25) is 0 Å². The number of aromatic nitrogens is 2. The fourth-order valence-corrected chi connectivity index (χ4v) is 3.07. The summed E-state index contributed by atoms with van der Waals surface area (Å²) >= 11 is 0. The van der Waals surface area contributed by atoms with Gasteiger partial charge in [-0.05, 0) is 36.2 Å². The summed E-state index contributed by atoms with van der Waals surface area (Å²) in [6.07, 6.45) is 2.55. The predicted octanol–water partition coefficient (Wildman–Crippen LogP) is 4.86. The fraction of sp³-hybridized carbons (Fsp3) is 0.143. The highest BCUT2D eigenvalue weighted by Crippen LogP contribution is 2.33. The van der Waals surface area contributed by atoms with Gasteiger partial charge in [-0.25, -0.2) is 0 Å². The van der Waals surface area contributed by atoms with Crippen LogP contribution in [0.25, 0.3) is 22.2 Å². The Labute approximate surface area is 158 Å². The standard InChI is InChI=1S/C21H19N3O.ClH/c1-14-10-11-15(23-13-14)12-19(22)16-6-2-3-7-17(16)21-18-8-4-5-9-20(18)25-24-21;/h2-11,13,19H,12,22H2,1H3;1H. The summed E-state index contributed by atoms with van der Waals surface area (Å²) < 4.78 is 5.47. The van der Waals surface area contributed by atoms with Crippen molar-refractivity contribution in [3.63, 3.8) is 0 Å². The van der Waals surface area contributed by atoms with E-state index in [1.165, 1.54) is 0 Å². The molecule has 2 aromatic carbocycles. The van der Waals surface area contributed by atoms with Crippen LogP contribution < -0.4 is 5.73 Å². The second-order valence-corrected chi connectivity index (χ2v) is 6.25. The zero-order valence-electron chi connectivity index (χ0n) is 14.4. The molecule has 4 aromatic rings.